The van der Waals surface area contributed by atoms with Gasteiger partial charge in [0.2, 0.25) is 0 Å². The average molecular weight is 360 g/mol. The summed E-state index contributed by atoms with van der Waals surface area (Å²) in [4.78, 5) is 27.8. The number of halogens is 3. The Kier molecular flexibility index (Phi) is 4.83. The van der Waals surface area contributed by atoms with Crippen LogP contribution in [0.2, 0.25) is 0 Å². The third-order valence-electron chi connectivity index (χ3n) is 3.45. The number of ether oxygens (including phenoxy) is 1. The van der Waals surface area contributed by atoms with Gasteiger partial charge in [-0.2, -0.15) is 0 Å². The van der Waals surface area contributed by atoms with Gasteiger partial charge in [-0.05, 0) is 24.3 Å². The molecule has 3 aromatic rings. The van der Waals surface area contributed by atoms with Crippen LogP contribution >= 0.6 is 0 Å². The van der Waals surface area contributed by atoms with E-state index >= 15 is 0 Å². The van der Waals surface area contributed by atoms with Crippen LogP contribution in [0.15, 0.2) is 48.5 Å². The first-order valence-corrected chi connectivity index (χ1v) is 7.42. The molecule has 0 spiro atoms. The van der Waals surface area contributed by atoms with Gasteiger partial charge in [0.1, 0.15) is 5.69 Å². The number of aromatic nitrogens is 1. The molecular formula is C18H11F3N2O3. The van der Waals surface area contributed by atoms with E-state index < -0.39 is 41.6 Å². The predicted octanol–water partition coefficient (Wildman–Crippen LogP) is 3.45. The second-order valence-electron chi connectivity index (χ2n) is 5.24. The van der Waals surface area contributed by atoms with Gasteiger partial charge in [-0.1, -0.05) is 24.3 Å². The summed E-state index contributed by atoms with van der Waals surface area (Å²) in [6, 6.07) is 11.8. The van der Waals surface area contributed by atoms with Crippen molar-refractivity contribution in [2.45, 2.75) is 0 Å². The molecule has 8 heteroatoms. The number of anilines is 1. The minimum atomic E-state index is -1.71. The van der Waals surface area contributed by atoms with Gasteiger partial charge in [0.15, 0.2) is 24.1 Å². The SMILES string of the molecule is O=C(COC(=O)c1ccc2ccccc2n1)Nc1ccc(F)c(F)c1F. The molecule has 0 fully saturated rings. The van der Waals surface area contributed by atoms with Crippen molar-refractivity contribution >= 4 is 28.5 Å². The van der Waals surface area contributed by atoms with E-state index in [1.807, 2.05) is 17.4 Å². The second kappa shape index (κ2) is 7.22. The Bertz CT molecular complexity index is 1010. The third-order valence-corrected chi connectivity index (χ3v) is 3.45. The maximum Gasteiger partial charge on any atom is 0.357 e. The highest BCUT2D eigenvalue weighted by molar-refractivity contribution is 5.95. The molecule has 0 saturated heterocycles. The van der Waals surface area contributed by atoms with E-state index in [9.17, 15) is 22.8 Å². The van der Waals surface area contributed by atoms with Crippen LogP contribution in [0.5, 0.6) is 0 Å². The molecule has 0 aliphatic carbocycles. The number of para-hydroxylation sites is 1. The molecule has 1 aromatic heterocycles. The summed E-state index contributed by atoms with van der Waals surface area (Å²) in [5.41, 5.74) is 0.0135. The number of amides is 1. The van der Waals surface area contributed by atoms with Gasteiger partial charge >= 0.3 is 5.97 Å². The Balaban J connectivity index is 1.63. The lowest BCUT2D eigenvalue weighted by atomic mass is 10.2. The van der Waals surface area contributed by atoms with Crippen molar-refractivity contribution in [2.75, 3.05) is 11.9 Å². The van der Waals surface area contributed by atoms with Crippen molar-refractivity contribution in [1.29, 1.82) is 0 Å². The molecule has 1 amide bonds. The lowest BCUT2D eigenvalue weighted by molar-refractivity contribution is -0.119. The van der Waals surface area contributed by atoms with Crippen molar-refractivity contribution in [1.82, 2.24) is 4.98 Å². The van der Waals surface area contributed by atoms with Gasteiger partial charge in [0.05, 0.1) is 11.2 Å². The highest BCUT2D eigenvalue weighted by atomic mass is 19.2. The van der Waals surface area contributed by atoms with Crippen molar-refractivity contribution < 1.29 is 27.5 Å². The number of carbonyl (C=O) groups is 2. The molecule has 5 nitrogen and oxygen atoms in total. The van der Waals surface area contributed by atoms with E-state index in [4.69, 9.17) is 4.74 Å². The molecule has 0 bridgehead atoms. The van der Waals surface area contributed by atoms with Crippen molar-refractivity contribution in [2.24, 2.45) is 0 Å². The molecule has 2 aromatic carbocycles. The summed E-state index contributed by atoms with van der Waals surface area (Å²) < 4.78 is 44.2. The lowest BCUT2D eigenvalue weighted by Gasteiger charge is -2.08. The summed E-state index contributed by atoms with van der Waals surface area (Å²) >= 11 is 0. The minimum Gasteiger partial charge on any atom is -0.451 e. The number of fused-ring (bicyclic) bond motifs is 1. The average Bonchev–Trinajstić information content (AvgIpc) is 2.66. The zero-order valence-corrected chi connectivity index (χ0v) is 13.1. The van der Waals surface area contributed by atoms with Crippen LogP contribution < -0.4 is 5.32 Å². The number of nitrogens with one attached hydrogen (secondary N) is 1. The van der Waals surface area contributed by atoms with Crippen LogP contribution in [-0.4, -0.2) is 23.5 Å². The highest BCUT2D eigenvalue weighted by Crippen LogP contribution is 2.19. The van der Waals surface area contributed by atoms with E-state index in [2.05, 4.69) is 4.98 Å². The number of hydrogen-bond donors (Lipinski definition) is 1. The molecule has 1 heterocycles. The molecule has 132 valence electrons. The van der Waals surface area contributed by atoms with E-state index in [-0.39, 0.29) is 5.69 Å². The van der Waals surface area contributed by atoms with Crippen LogP contribution in [0.1, 0.15) is 10.5 Å². The van der Waals surface area contributed by atoms with Crippen LogP contribution in [0.3, 0.4) is 0 Å². The third kappa shape index (κ3) is 3.64. The molecule has 0 aliphatic rings. The second-order valence-corrected chi connectivity index (χ2v) is 5.24. The van der Waals surface area contributed by atoms with Gasteiger partial charge in [-0.25, -0.2) is 22.9 Å². The molecule has 1 N–H and O–H groups in total. The number of esters is 1. The molecule has 3 rings (SSSR count). The van der Waals surface area contributed by atoms with Crippen molar-refractivity contribution in [3.63, 3.8) is 0 Å². The Morgan fingerprint density at radius 2 is 1.73 bits per heavy atom. The summed E-state index contributed by atoms with van der Waals surface area (Å²) in [7, 11) is 0. The van der Waals surface area contributed by atoms with Crippen molar-refractivity contribution in [3.8, 4) is 0 Å². The first-order valence-electron chi connectivity index (χ1n) is 7.42. The van der Waals surface area contributed by atoms with Crippen LogP contribution in [0.25, 0.3) is 10.9 Å². The van der Waals surface area contributed by atoms with Crippen LogP contribution in [-0.2, 0) is 9.53 Å². The largest absolute Gasteiger partial charge is 0.451 e. The normalized spacial score (nSPS) is 10.6. The summed E-state index contributed by atoms with van der Waals surface area (Å²) in [6.45, 7) is -0.744. The molecule has 0 atom stereocenters. The summed E-state index contributed by atoms with van der Waals surface area (Å²) in [5.74, 6) is -6.39. The van der Waals surface area contributed by atoms with Crippen LogP contribution in [0.4, 0.5) is 18.9 Å². The van der Waals surface area contributed by atoms with Gasteiger partial charge in [-0.15, -0.1) is 0 Å². The highest BCUT2D eigenvalue weighted by Gasteiger charge is 2.17. The zero-order valence-electron chi connectivity index (χ0n) is 13.1. The van der Waals surface area contributed by atoms with E-state index in [0.29, 0.717) is 11.6 Å². The molecule has 0 radical (unpaired) electrons. The monoisotopic (exact) mass is 360 g/mol. The molecule has 0 unspecified atom stereocenters. The topological polar surface area (TPSA) is 68.3 Å². The Morgan fingerprint density at radius 1 is 0.962 bits per heavy atom. The maximum atomic E-state index is 13.5. The quantitative estimate of drug-likeness (QED) is 0.572. The first-order chi connectivity index (χ1) is 12.5. The fourth-order valence-corrected chi connectivity index (χ4v) is 2.19. The first kappa shape index (κ1) is 17.4. The minimum absolute atomic E-state index is 0.00416. The van der Waals surface area contributed by atoms with Crippen molar-refractivity contribution in [3.05, 3.63) is 71.7 Å². The van der Waals surface area contributed by atoms with Gasteiger partial charge in [0.25, 0.3) is 5.91 Å². The Labute approximate surface area is 145 Å². The smallest absolute Gasteiger partial charge is 0.357 e. The maximum absolute atomic E-state index is 13.5. The molecular weight excluding hydrogens is 349 g/mol. The van der Waals surface area contributed by atoms with E-state index in [1.54, 1.807) is 18.2 Å². The number of benzene rings is 2. The fourth-order valence-electron chi connectivity index (χ4n) is 2.19. The molecule has 0 aliphatic heterocycles. The van der Waals surface area contributed by atoms with Gasteiger partial charge in [0, 0.05) is 5.39 Å². The lowest BCUT2D eigenvalue weighted by Crippen LogP contribution is -2.22. The Morgan fingerprint density at radius 3 is 2.54 bits per heavy atom. The Hall–Kier alpha value is -3.42. The van der Waals surface area contributed by atoms with Gasteiger partial charge < -0.3 is 10.1 Å². The molecule has 26 heavy (non-hydrogen) atoms. The predicted molar refractivity (Wildman–Crippen MR) is 87.0 cm³/mol. The number of rotatable bonds is 4. The number of carbonyl (C=O) groups excluding carboxylic acids is 2. The standard InChI is InChI=1S/C18H11F3N2O3/c19-11-6-8-13(17(21)16(11)20)23-15(24)9-26-18(25)14-7-5-10-3-1-2-4-12(10)22-14/h1-8H,9H2,(H,23,24). The zero-order chi connectivity index (χ0) is 18.7. The summed E-state index contributed by atoms with van der Waals surface area (Å²) in [6.07, 6.45) is 0. The summed E-state index contributed by atoms with van der Waals surface area (Å²) in [5, 5.41) is 2.83. The van der Waals surface area contributed by atoms with E-state index in [1.165, 1.54) is 6.07 Å². The number of nitrogens with zero attached hydrogens (tertiary/aromatic N) is 1. The fraction of sp³-hybridized carbons (Fsp3) is 0.0556. The van der Waals surface area contributed by atoms with E-state index in [0.717, 1.165) is 11.5 Å². The number of hydrogen-bond acceptors (Lipinski definition) is 4. The molecule has 0 saturated carbocycles. The van der Waals surface area contributed by atoms with Gasteiger partial charge in [-0.3, -0.25) is 4.79 Å². The van der Waals surface area contributed by atoms with Crippen LogP contribution in [0, 0.1) is 17.5 Å². The number of pyridine rings is 1.